The molecule has 1 N–H and O–H groups in total. The molecular formula is C24H25FN4O2S2. The van der Waals surface area contributed by atoms with Crippen LogP contribution in [0.3, 0.4) is 0 Å². The smallest absolute Gasteiger partial charge is 0.258 e. The number of aromatic nitrogens is 2. The number of hydrogen-bond donors (Lipinski definition) is 1. The number of thioether (sulfide) groups is 1. The van der Waals surface area contributed by atoms with Crippen LogP contribution in [0.1, 0.15) is 30.8 Å². The van der Waals surface area contributed by atoms with E-state index in [9.17, 15) is 4.39 Å². The summed E-state index contributed by atoms with van der Waals surface area (Å²) in [6.07, 6.45) is 2.84. The molecule has 0 aliphatic carbocycles. The second kappa shape index (κ2) is 10.5. The van der Waals surface area contributed by atoms with Crippen molar-refractivity contribution in [3.8, 4) is 11.4 Å². The van der Waals surface area contributed by atoms with Crippen LogP contribution in [0.4, 0.5) is 4.39 Å². The summed E-state index contributed by atoms with van der Waals surface area (Å²) in [6, 6.07) is 14.0. The largest absolute Gasteiger partial charge is 0.385 e. The number of methoxy groups -OCH3 is 1. The van der Waals surface area contributed by atoms with E-state index in [1.54, 1.807) is 31.0 Å². The lowest BCUT2D eigenvalue weighted by Gasteiger charge is -2.37. The monoisotopic (exact) mass is 484 g/mol. The Bertz CT molecular complexity index is 1150. The van der Waals surface area contributed by atoms with Gasteiger partial charge in [0, 0.05) is 36.4 Å². The Balaban J connectivity index is 1.74. The molecule has 1 aliphatic rings. The molecule has 3 aromatic rings. The van der Waals surface area contributed by atoms with Gasteiger partial charge in [-0.25, -0.2) is 4.39 Å². The van der Waals surface area contributed by atoms with Crippen molar-refractivity contribution in [3.63, 3.8) is 0 Å². The number of hydrogen-bond acceptors (Lipinski definition) is 6. The molecule has 0 saturated carbocycles. The normalized spacial score (nSPS) is 16.3. The first-order valence-corrected chi connectivity index (χ1v) is 12.2. The molecule has 172 valence electrons. The van der Waals surface area contributed by atoms with Crippen LogP contribution in [-0.4, -0.2) is 46.7 Å². The van der Waals surface area contributed by atoms with Crippen molar-refractivity contribution < 1.29 is 13.7 Å². The maximum Gasteiger partial charge on any atom is 0.258 e. The summed E-state index contributed by atoms with van der Waals surface area (Å²) >= 11 is 7.34. The van der Waals surface area contributed by atoms with E-state index in [1.165, 1.54) is 12.1 Å². The minimum absolute atomic E-state index is 0.297. The minimum Gasteiger partial charge on any atom is -0.385 e. The first-order chi connectivity index (χ1) is 16.0. The minimum atomic E-state index is -0.344. The maximum atomic E-state index is 13.6. The fourth-order valence-corrected chi connectivity index (χ4v) is 4.54. The van der Waals surface area contributed by atoms with Crippen LogP contribution in [0, 0.1) is 5.82 Å². The first kappa shape index (κ1) is 23.4. The van der Waals surface area contributed by atoms with E-state index < -0.39 is 0 Å². The van der Waals surface area contributed by atoms with Gasteiger partial charge in [-0.05, 0) is 73.8 Å². The van der Waals surface area contributed by atoms with Crippen molar-refractivity contribution in [2.75, 3.05) is 26.5 Å². The standard InChI is InChI=1S/C24H25FN4O2S2/c1-15-20(23-27-22(28-31-23)17-7-11-19(33-3)12-8-17)21(16-5-9-18(25)10-6-16)26-24(32)29(15)13-4-14-30-2/h5-12,21H,4,13-14H2,1-3H3,(H,26,32). The van der Waals surface area contributed by atoms with Crippen molar-refractivity contribution in [3.05, 3.63) is 71.5 Å². The number of nitrogens with zero attached hydrogens (tertiary/aromatic N) is 3. The average molecular weight is 485 g/mol. The van der Waals surface area contributed by atoms with Crippen molar-refractivity contribution in [2.45, 2.75) is 24.3 Å². The number of benzene rings is 2. The zero-order chi connectivity index (χ0) is 23.4. The predicted molar refractivity (Wildman–Crippen MR) is 132 cm³/mol. The van der Waals surface area contributed by atoms with Crippen LogP contribution in [0.2, 0.25) is 0 Å². The lowest BCUT2D eigenvalue weighted by atomic mass is 9.94. The molecule has 1 aromatic heterocycles. The van der Waals surface area contributed by atoms with E-state index in [0.717, 1.165) is 33.7 Å². The fourth-order valence-electron chi connectivity index (χ4n) is 3.79. The van der Waals surface area contributed by atoms with Gasteiger partial charge in [0.1, 0.15) is 5.82 Å². The van der Waals surface area contributed by atoms with Crippen molar-refractivity contribution >= 4 is 34.7 Å². The third-order valence-corrected chi connectivity index (χ3v) is 6.62. The van der Waals surface area contributed by atoms with E-state index in [4.69, 9.17) is 26.5 Å². The summed E-state index contributed by atoms with van der Waals surface area (Å²) < 4.78 is 24.5. The number of ether oxygens (including phenoxy) is 1. The van der Waals surface area contributed by atoms with Gasteiger partial charge >= 0.3 is 0 Å². The lowest BCUT2D eigenvalue weighted by Crippen LogP contribution is -2.46. The predicted octanol–water partition coefficient (Wildman–Crippen LogP) is 5.30. The topological polar surface area (TPSA) is 63.4 Å². The molecule has 0 bridgehead atoms. The third kappa shape index (κ3) is 5.10. The van der Waals surface area contributed by atoms with Crippen molar-refractivity contribution in [2.24, 2.45) is 0 Å². The van der Waals surface area contributed by atoms with Crippen LogP contribution in [-0.2, 0) is 4.74 Å². The summed E-state index contributed by atoms with van der Waals surface area (Å²) in [4.78, 5) is 7.88. The van der Waals surface area contributed by atoms with Crippen LogP contribution >= 0.6 is 24.0 Å². The Labute approximate surface area is 202 Å². The van der Waals surface area contributed by atoms with Gasteiger partial charge in [-0.15, -0.1) is 11.8 Å². The highest BCUT2D eigenvalue weighted by Crippen LogP contribution is 2.37. The first-order valence-electron chi connectivity index (χ1n) is 10.5. The van der Waals surface area contributed by atoms with Crippen LogP contribution in [0.15, 0.2) is 63.6 Å². The number of thiocarbonyl (C=S) groups is 1. The second-order valence-corrected chi connectivity index (χ2v) is 8.85. The summed E-state index contributed by atoms with van der Waals surface area (Å²) in [5.74, 6) is 0.613. The van der Waals surface area contributed by atoms with E-state index in [0.29, 0.717) is 30.0 Å². The van der Waals surface area contributed by atoms with E-state index in [-0.39, 0.29) is 11.9 Å². The van der Waals surface area contributed by atoms with Gasteiger partial charge in [-0.3, -0.25) is 0 Å². The van der Waals surface area contributed by atoms with Gasteiger partial charge in [0.25, 0.3) is 5.89 Å². The molecule has 0 saturated heterocycles. The van der Waals surface area contributed by atoms with Gasteiger partial charge < -0.3 is 19.5 Å². The molecule has 0 radical (unpaired) electrons. The van der Waals surface area contributed by atoms with Gasteiger partial charge in [0.05, 0.1) is 11.6 Å². The molecule has 0 amide bonds. The van der Waals surface area contributed by atoms with E-state index >= 15 is 0 Å². The number of halogens is 1. The summed E-state index contributed by atoms with van der Waals surface area (Å²) in [5, 5.41) is 8.20. The molecule has 2 heterocycles. The van der Waals surface area contributed by atoms with Gasteiger partial charge in [-0.1, -0.05) is 17.3 Å². The van der Waals surface area contributed by atoms with Crippen molar-refractivity contribution in [1.29, 1.82) is 0 Å². The Morgan fingerprint density at radius 3 is 2.58 bits per heavy atom. The molecule has 2 aromatic carbocycles. The molecular weight excluding hydrogens is 459 g/mol. The molecule has 1 aliphatic heterocycles. The molecule has 9 heteroatoms. The maximum absolute atomic E-state index is 13.6. The van der Waals surface area contributed by atoms with E-state index in [2.05, 4.69) is 10.5 Å². The van der Waals surface area contributed by atoms with Gasteiger partial charge in [0.2, 0.25) is 5.82 Å². The molecule has 0 spiro atoms. The van der Waals surface area contributed by atoms with Crippen LogP contribution in [0.5, 0.6) is 0 Å². The molecule has 4 rings (SSSR count). The molecule has 33 heavy (non-hydrogen) atoms. The average Bonchev–Trinajstić information content (AvgIpc) is 3.31. The summed E-state index contributed by atoms with van der Waals surface area (Å²) in [5.41, 5.74) is 3.45. The Morgan fingerprint density at radius 1 is 1.18 bits per heavy atom. The molecule has 6 nitrogen and oxygen atoms in total. The fraction of sp³-hybridized carbons (Fsp3) is 0.292. The zero-order valence-corrected chi connectivity index (χ0v) is 20.3. The van der Waals surface area contributed by atoms with Crippen molar-refractivity contribution in [1.82, 2.24) is 20.4 Å². The van der Waals surface area contributed by atoms with Crippen LogP contribution in [0.25, 0.3) is 17.0 Å². The van der Waals surface area contributed by atoms with Gasteiger partial charge in [-0.2, -0.15) is 4.98 Å². The highest BCUT2D eigenvalue weighted by atomic mass is 32.2. The Morgan fingerprint density at radius 2 is 1.91 bits per heavy atom. The zero-order valence-electron chi connectivity index (χ0n) is 18.7. The lowest BCUT2D eigenvalue weighted by molar-refractivity contribution is 0.188. The Hall–Kier alpha value is -2.75. The quantitative estimate of drug-likeness (QED) is 0.263. The molecule has 1 atom stereocenters. The van der Waals surface area contributed by atoms with Gasteiger partial charge in [0.15, 0.2) is 5.11 Å². The molecule has 1 unspecified atom stereocenters. The molecule has 0 fully saturated rings. The van der Waals surface area contributed by atoms with E-state index in [1.807, 2.05) is 42.3 Å². The highest BCUT2D eigenvalue weighted by molar-refractivity contribution is 7.98. The summed E-state index contributed by atoms with van der Waals surface area (Å²) in [6.45, 7) is 3.30. The number of rotatable bonds is 8. The third-order valence-electron chi connectivity index (χ3n) is 5.53. The summed E-state index contributed by atoms with van der Waals surface area (Å²) in [7, 11) is 1.68. The number of allylic oxidation sites excluding steroid dienone is 1. The second-order valence-electron chi connectivity index (χ2n) is 7.58. The SMILES string of the molecule is COCCCN1C(=S)NC(c2ccc(F)cc2)C(c2nc(-c3ccc(SC)cc3)no2)=C1C. The Kier molecular flexibility index (Phi) is 7.42. The highest BCUT2D eigenvalue weighted by Gasteiger charge is 2.33. The number of nitrogens with one attached hydrogen (secondary N) is 1. The van der Waals surface area contributed by atoms with Crippen LogP contribution < -0.4 is 5.32 Å².